The second-order valence-corrected chi connectivity index (χ2v) is 6.11. The summed E-state index contributed by atoms with van der Waals surface area (Å²) in [6.45, 7) is 1.14. The number of nitrogens with two attached hydrogens (primary N) is 1. The number of fused-ring (bicyclic) bond motifs is 2. The molecule has 1 aromatic carbocycles. The summed E-state index contributed by atoms with van der Waals surface area (Å²) < 4.78 is 10.8. The van der Waals surface area contributed by atoms with Crippen LogP contribution in [0.25, 0.3) is 11.0 Å². The van der Waals surface area contributed by atoms with Crippen molar-refractivity contribution in [3.8, 4) is 5.75 Å². The number of benzene rings is 1. The molecule has 2 aromatic heterocycles. The molecule has 3 heterocycles. The van der Waals surface area contributed by atoms with Gasteiger partial charge in [-0.1, -0.05) is 0 Å². The molecule has 25 heavy (non-hydrogen) atoms. The number of aromatic nitrogens is 2. The molecule has 2 N–H and O–H groups in total. The number of methoxy groups -OCH3 is 1. The monoisotopic (exact) mass is 338 g/mol. The minimum atomic E-state index is 0.0551. The second-order valence-electron chi connectivity index (χ2n) is 6.11. The van der Waals surface area contributed by atoms with Crippen molar-refractivity contribution in [1.82, 2.24) is 15.1 Å². The standard InChI is InChI=1S/C18H18N4O3/c1-24-13-2-3-14-12(10-25-16(14)8-13)7-18(23)22-5-4-15-11(9-22)6-17(19)21-20-15/h2-3,6,8,10H,4-5,7,9H2,1H3,(H2,19,21). The normalized spacial score (nSPS) is 13.7. The van der Waals surface area contributed by atoms with E-state index in [2.05, 4.69) is 10.2 Å². The predicted octanol–water partition coefficient (Wildman–Crippen LogP) is 1.94. The molecular formula is C18H18N4O3. The maximum absolute atomic E-state index is 12.7. The van der Waals surface area contributed by atoms with Crippen LogP contribution in [-0.2, 0) is 24.2 Å². The van der Waals surface area contributed by atoms with Gasteiger partial charge in [0, 0.05) is 36.5 Å². The Morgan fingerprint density at radius 2 is 2.24 bits per heavy atom. The SMILES string of the molecule is COc1ccc2c(CC(=O)N3CCc4nnc(N)cc4C3)coc2c1. The van der Waals surface area contributed by atoms with Gasteiger partial charge >= 0.3 is 0 Å². The molecule has 128 valence electrons. The van der Waals surface area contributed by atoms with Crippen LogP contribution in [0.2, 0.25) is 0 Å². The molecule has 4 rings (SSSR count). The van der Waals surface area contributed by atoms with Crippen LogP contribution in [0.1, 0.15) is 16.8 Å². The van der Waals surface area contributed by atoms with Crippen molar-refractivity contribution in [1.29, 1.82) is 0 Å². The van der Waals surface area contributed by atoms with Gasteiger partial charge in [0.05, 0.1) is 25.5 Å². The van der Waals surface area contributed by atoms with Crippen LogP contribution in [0.4, 0.5) is 5.82 Å². The first kappa shape index (κ1) is 15.4. The van der Waals surface area contributed by atoms with E-state index in [1.54, 1.807) is 19.4 Å². The van der Waals surface area contributed by atoms with Crippen LogP contribution in [0.5, 0.6) is 5.75 Å². The molecule has 1 amide bonds. The van der Waals surface area contributed by atoms with E-state index in [-0.39, 0.29) is 5.91 Å². The molecule has 1 aliphatic rings. The van der Waals surface area contributed by atoms with E-state index >= 15 is 0 Å². The van der Waals surface area contributed by atoms with Gasteiger partial charge < -0.3 is 19.8 Å². The summed E-state index contributed by atoms with van der Waals surface area (Å²) in [6.07, 6.45) is 2.63. The van der Waals surface area contributed by atoms with E-state index in [4.69, 9.17) is 14.9 Å². The molecule has 0 radical (unpaired) electrons. The number of ether oxygens (including phenoxy) is 1. The maximum atomic E-state index is 12.7. The summed E-state index contributed by atoms with van der Waals surface area (Å²) in [5.74, 6) is 1.16. The van der Waals surface area contributed by atoms with Gasteiger partial charge in [0.15, 0.2) is 0 Å². The van der Waals surface area contributed by atoms with E-state index in [1.165, 1.54) is 0 Å². The van der Waals surface area contributed by atoms with Gasteiger partial charge in [0.1, 0.15) is 17.2 Å². The third kappa shape index (κ3) is 2.88. The third-order valence-corrected chi connectivity index (χ3v) is 4.52. The zero-order valence-electron chi connectivity index (χ0n) is 13.9. The van der Waals surface area contributed by atoms with E-state index in [0.29, 0.717) is 37.3 Å². The molecule has 7 nitrogen and oxygen atoms in total. The zero-order valence-corrected chi connectivity index (χ0v) is 13.9. The third-order valence-electron chi connectivity index (χ3n) is 4.52. The minimum absolute atomic E-state index is 0.0551. The Balaban J connectivity index is 1.53. The second kappa shape index (κ2) is 6.08. The number of rotatable bonds is 3. The molecule has 0 saturated carbocycles. The van der Waals surface area contributed by atoms with Crippen LogP contribution in [0.15, 0.2) is 34.9 Å². The smallest absolute Gasteiger partial charge is 0.227 e. The van der Waals surface area contributed by atoms with Gasteiger partial charge in [-0.15, -0.1) is 5.10 Å². The van der Waals surface area contributed by atoms with E-state index in [9.17, 15) is 4.79 Å². The fraction of sp³-hybridized carbons (Fsp3) is 0.278. The first-order valence-electron chi connectivity index (χ1n) is 8.07. The average Bonchev–Trinajstić information content (AvgIpc) is 3.03. The fourth-order valence-electron chi connectivity index (χ4n) is 3.16. The molecule has 0 aliphatic carbocycles. The van der Waals surface area contributed by atoms with Crippen molar-refractivity contribution < 1.29 is 13.9 Å². The fourth-order valence-corrected chi connectivity index (χ4v) is 3.16. The lowest BCUT2D eigenvalue weighted by Crippen LogP contribution is -2.37. The van der Waals surface area contributed by atoms with Gasteiger partial charge in [0.2, 0.25) is 5.91 Å². The lowest BCUT2D eigenvalue weighted by molar-refractivity contribution is -0.131. The van der Waals surface area contributed by atoms with Crippen molar-refractivity contribution >= 4 is 22.7 Å². The molecule has 0 saturated heterocycles. The van der Waals surface area contributed by atoms with Crippen molar-refractivity contribution in [2.75, 3.05) is 19.4 Å². The molecular weight excluding hydrogens is 320 g/mol. The topological polar surface area (TPSA) is 94.5 Å². The number of hydrogen-bond acceptors (Lipinski definition) is 6. The molecule has 7 heteroatoms. The summed E-state index contributed by atoms with van der Waals surface area (Å²) in [5, 5.41) is 8.91. The first-order chi connectivity index (χ1) is 12.1. The number of anilines is 1. The molecule has 1 aliphatic heterocycles. The summed E-state index contributed by atoms with van der Waals surface area (Å²) in [6, 6.07) is 7.40. The Hall–Kier alpha value is -3.09. The average molecular weight is 338 g/mol. The summed E-state index contributed by atoms with van der Waals surface area (Å²) in [7, 11) is 1.61. The Labute approximate surface area is 144 Å². The summed E-state index contributed by atoms with van der Waals surface area (Å²) in [5.41, 5.74) is 9.17. The lowest BCUT2D eigenvalue weighted by atomic mass is 10.0. The molecule has 0 bridgehead atoms. The lowest BCUT2D eigenvalue weighted by Gasteiger charge is -2.28. The Bertz CT molecular complexity index is 951. The highest BCUT2D eigenvalue weighted by Crippen LogP contribution is 2.27. The quantitative estimate of drug-likeness (QED) is 0.784. The maximum Gasteiger partial charge on any atom is 0.227 e. The highest BCUT2D eigenvalue weighted by atomic mass is 16.5. The summed E-state index contributed by atoms with van der Waals surface area (Å²) >= 11 is 0. The van der Waals surface area contributed by atoms with Crippen LogP contribution in [0, 0.1) is 0 Å². The molecule has 0 atom stereocenters. The zero-order chi connectivity index (χ0) is 17.4. The van der Waals surface area contributed by atoms with E-state index in [0.717, 1.165) is 28.0 Å². The van der Waals surface area contributed by atoms with Gasteiger partial charge in [0.25, 0.3) is 0 Å². The van der Waals surface area contributed by atoms with E-state index < -0.39 is 0 Å². The van der Waals surface area contributed by atoms with Crippen molar-refractivity contribution in [3.05, 3.63) is 47.3 Å². The van der Waals surface area contributed by atoms with Crippen LogP contribution < -0.4 is 10.5 Å². The van der Waals surface area contributed by atoms with Crippen molar-refractivity contribution in [2.24, 2.45) is 0 Å². The highest BCUT2D eigenvalue weighted by Gasteiger charge is 2.23. The number of nitrogen functional groups attached to an aromatic ring is 1. The van der Waals surface area contributed by atoms with Gasteiger partial charge in [-0.05, 0) is 23.8 Å². The Kier molecular flexibility index (Phi) is 3.76. The van der Waals surface area contributed by atoms with Gasteiger partial charge in [-0.3, -0.25) is 4.79 Å². The number of furan rings is 1. The Morgan fingerprint density at radius 1 is 1.36 bits per heavy atom. The van der Waals surface area contributed by atoms with Gasteiger partial charge in [-0.2, -0.15) is 5.10 Å². The number of carbonyl (C=O) groups excluding carboxylic acids is 1. The number of nitrogens with zero attached hydrogens (tertiary/aromatic N) is 3. The first-order valence-corrected chi connectivity index (χ1v) is 8.07. The minimum Gasteiger partial charge on any atom is -0.497 e. The molecule has 0 fully saturated rings. The Morgan fingerprint density at radius 3 is 3.08 bits per heavy atom. The number of amides is 1. The van der Waals surface area contributed by atoms with Crippen LogP contribution in [0.3, 0.4) is 0 Å². The largest absolute Gasteiger partial charge is 0.497 e. The number of carbonyl (C=O) groups is 1. The van der Waals surface area contributed by atoms with E-state index in [1.807, 2.05) is 23.1 Å². The van der Waals surface area contributed by atoms with Crippen LogP contribution in [-0.4, -0.2) is 34.7 Å². The van der Waals surface area contributed by atoms with Crippen LogP contribution >= 0.6 is 0 Å². The van der Waals surface area contributed by atoms with Crippen molar-refractivity contribution in [3.63, 3.8) is 0 Å². The summed E-state index contributed by atoms with van der Waals surface area (Å²) in [4.78, 5) is 14.5. The molecule has 0 spiro atoms. The van der Waals surface area contributed by atoms with Gasteiger partial charge in [-0.25, -0.2) is 0 Å². The molecule has 0 unspecified atom stereocenters. The highest BCUT2D eigenvalue weighted by molar-refractivity contribution is 5.88. The van der Waals surface area contributed by atoms with Crippen molar-refractivity contribution in [2.45, 2.75) is 19.4 Å². The number of hydrogen-bond donors (Lipinski definition) is 1. The molecule has 3 aromatic rings. The predicted molar refractivity (Wildman–Crippen MR) is 92.0 cm³/mol.